The molecule has 6 atom stereocenters. The first-order valence-corrected chi connectivity index (χ1v) is 9.55. The van der Waals surface area contributed by atoms with Crippen molar-refractivity contribution in [3.63, 3.8) is 0 Å². The summed E-state index contributed by atoms with van der Waals surface area (Å²) in [5.74, 6) is -2.86. The van der Waals surface area contributed by atoms with Crippen LogP contribution in [-0.4, -0.2) is 87.0 Å². The molecule has 0 amide bonds. The molecular formula is C15H24N4O5S. The lowest BCUT2D eigenvalue weighted by Gasteiger charge is -2.40. The second-order valence-corrected chi connectivity index (χ2v) is 8.83. The van der Waals surface area contributed by atoms with Gasteiger partial charge in [0, 0.05) is 24.4 Å². The summed E-state index contributed by atoms with van der Waals surface area (Å²) >= 11 is 1.63. The van der Waals surface area contributed by atoms with E-state index in [2.05, 4.69) is 20.7 Å². The van der Waals surface area contributed by atoms with Gasteiger partial charge < -0.3 is 14.9 Å². The first-order valence-electron chi connectivity index (χ1n) is 8.61. The molecule has 0 aliphatic carbocycles. The number of ether oxygens (including phenoxy) is 1. The van der Waals surface area contributed by atoms with Gasteiger partial charge in [-0.15, -0.1) is 11.8 Å². The van der Waals surface area contributed by atoms with Crippen molar-refractivity contribution in [3.05, 3.63) is 0 Å². The second-order valence-electron chi connectivity index (χ2n) is 7.38. The highest BCUT2D eigenvalue weighted by Gasteiger charge is 2.66. The number of thioether (sulfide) groups is 1. The lowest BCUT2D eigenvalue weighted by molar-refractivity contribution is -0.195. The molecular weight excluding hydrogens is 348 g/mol. The van der Waals surface area contributed by atoms with Crippen molar-refractivity contribution in [1.82, 2.24) is 20.7 Å². The number of carboxylic acid groups (broad SMARTS) is 2. The van der Waals surface area contributed by atoms with Crippen LogP contribution in [0.1, 0.15) is 13.8 Å². The standard InChI is InChI=1S/C15H24N4O5S/c1-7-11-10(13(20)21)8(2)24-15(17-11,14(22)23)12(7)25-9-3-18-5-16-6-19(18)4-9/h7-12,16-17H,3-6H2,1-2H3,(H,20,21)(H,22,23)/t7-,8-,10-,11-,12-,15+/m0/s1. The molecule has 4 rings (SSSR count). The highest BCUT2D eigenvalue weighted by molar-refractivity contribution is 8.00. The number of aliphatic carboxylic acids is 2. The van der Waals surface area contributed by atoms with Gasteiger partial charge >= 0.3 is 11.9 Å². The Kier molecular flexibility index (Phi) is 4.25. The molecule has 25 heavy (non-hydrogen) atoms. The fraction of sp³-hybridized carbons (Fsp3) is 0.867. The van der Waals surface area contributed by atoms with Crippen LogP contribution in [0.5, 0.6) is 0 Å². The first kappa shape index (κ1) is 17.5. The van der Waals surface area contributed by atoms with E-state index < -0.39 is 35.7 Å². The summed E-state index contributed by atoms with van der Waals surface area (Å²) in [6, 6.07) is -0.405. The quantitative estimate of drug-likeness (QED) is 0.491. The first-order chi connectivity index (χ1) is 11.8. The zero-order chi connectivity index (χ0) is 17.9. The van der Waals surface area contributed by atoms with E-state index in [1.807, 2.05) is 6.92 Å². The number of carbonyl (C=O) groups is 2. The van der Waals surface area contributed by atoms with Gasteiger partial charge in [0.15, 0.2) is 0 Å². The molecule has 4 aliphatic heterocycles. The van der Waals surface area contributed by atoms with E-state index in [-0.39, 0.29) is 16.4 Å². The number of hydrogen-bond donors (Lipinski definition) is 4. The highest BCUT2D eigenvalue weighted by atomic mass is 32.2. The molecule has 10 heteroatoms. The van der Waals surface area contributed by atoms with E-state index in [1.54, 1.807) is 18.7 Å². The van der Waals surface area contributed by atoms with Crippen LogP contribution in [0.4, 0.5) is 0 Å². The molecule has 4 aliphatic rings. The predicted molar refractivity (Wildman–Crippen MR) is 89.6 cm³/mol. The molecule has 0 unspecified atom stereocenters. The summed E-state index contributed by atoms with van der Waals surface area (Å²) in [5.41, 5.74) is -1.51. The van der Waals surface area contributed by atoms with Crippen LogP contribution in [0.2, 0.25) is 0 Å². The van der Waals surface area contributed by atoms with E-state index >= 15 is 0 Å². The van der Waals surface area contributed by atoms with Crippen molar-refractivity contribution >= 4 is 23.7 Å². The number of fused-ring (bicyclic) bond motifs is 3. The Hall–Kier alpha value is -0.910. The fourth-order valence-corrected chi connectivity index (χ4v) is 6.46. The minimum atomic E-state index is -1.51. The van der Waals surface area contributed by atoms with Gasteiger partial charge in [-0.3, -0.25) is 15.4 Å². The molecule has 4 N–H and O–H groups in total. The van der Waals surface area contributed by atoms with Gasteiger partial charge in [-0.1, -0.05) is 6.92 Å². The number of hydrogen-bond acceptors (Lipinski definition) is 8. The maximum atomic E-state index is 12.1. The molecule has 0 radical (unpaired) electrons. The summed E-state index contributed by atoms with van der Waals surface area (Å²) < 4.78 is 5.84. The maximum Gasteiger partial charge on any atom is 0.352 e. The largest absolute Gasteiger partial charge is 0.481 e. The molecule has 4 saturated heterocycles. The molecule has 0 aromatic heterocycles. The SMILES string of the molecule is C[C@H]1[C@@H]2N[C@@](C(=O)O)(O[C@@H](C)[C@@H]2C(=O)O)[C@H]1SC1CN2CNCN2C1. The van der Waals surface area contributed by atoms with Gasteiger partial charge in [0.25, 0.3) is 0 Å². The van der Waals surface area contributed by atoms with Crippen molar-refractivity contribution in [3.8, 4) is 0 Å². The van der Waals surface area contributed by atoms with Crippen molar-refractivity contribution < 1.29 is 24.5 Å². The summed E-state index contributed by atoms with van der Waals surface area (Å²) in [6.45, 7) is 6.95. The normalized spacial score (nSPS) is 45.0. The number of carboxylic acids is 2. The van der Waals surface area contributed by atoms with Crippen molar-refractivity contribution in [2.45, 2.75) is 42.2 Å². The molecule has 4 heterocycles. The number of nitrogens with one attached hydrogen (secondary N) is 2. The third kappa shape index (κ3) is 2.58. The van der Waals surface area contributed by atoms with Gasteiger partial charge in [-0.25, -0.2) is 14.8 Å². The van der Waals surface area contributed by atoms with Gasteiger partial charge in [-0.2, -0.15) is 0 Å². The molecule has 0 aromatic carbocycles. The topological polar surface area (TPSA) is 114 Å². The van der Waals surface area contributed by atoms with E-state index in [1.165, 1.54) is 0 Å². The lowest BCUT2D eigenvalue weighted by atomic mass is 9.87. The predicted octanol–water partition coefficient (Wildman–Crippen LogP) is -0.984. The van der Waals surface area contributed by atoms with Gasteiger partial charge in [0.05, 0.1) is 30.6 Å². The number of rotatable bonds is 4. The zero-order valence-corrected chi connectivity index (χ0v) is 15.0. The number of nitrogens with zero attached hydrogens (tertiary/aromatic N) is 2. The zero-order valence-electron chi connectivity index (χ0n) is 14.2. The summed E-state index contributed by atoms with van der Waals surface area (Å²) in [4.78, 5) is 23.8. The Labute approximate surface area is 150 Å². The van der Waals surface area contributed by atoms with Gasteiger partial charge in [0.2, 0.25) is 5.72 Å². The summed E-state index contributed by atoms with van der Waals surface area (Å²) in [6.07, 6.45) is -0.646. The van der Waals surface area contributed by atoms with E-state index in [9.17, 15) is 19.8 Å². The van der Waals surface area contributed by atoms with Crippen LogP contribution in [-0.2, 0) is 14.3 Å². The molecule has 0 aromatic rings. The Morgan fingerprint density at radius 1 is 1.20 bits per heavy atom. The van der Waals surface area contributed by atoms with Crippen LogP contribution < -0.4 is 10.6 Å². The fourth-order valence-electron chi connectivity index (χ4n) is 4.69. The minimum absolute atomic E-state index is 0.115. The highest BCUT2D eigenvalue weighted by Crippen LogP contribution is 2.48. The van der Waals surface area contributed by atoms with Crippen molar-refractivity contribution in [1.29, 1.82) is 0 Å². The summed E-state index contributed by atoms with van der Waals surface area (Å²) in [7, 11) is 0. The van der Waals surface area contributed by atoms with Gasteiger partial charge in [-0.05, 0) is 12.8 Å². The van der Waals surface area contributed by atoms with Crippen LogP contribution in [0.15, 0.2) is 0 Å². The molecule has 9 nitrogen and oxygen atoms in total. The molecule has 4 fully saturated rings. The van der Waals surface area contributed by atoms with E-state index in [0.717, 1.165) is 26.4 Å². The Bertz CT molecular complexity index is 578. The van der Waals surface area contributed by atoms with Crippen LogP contribution >= 0.6 is 11.8 Å². The molecule has 0 saturated carbocycles. The van der Waals surface area contributed by atoms with Crippen LogP contribution in [0, 0.1) is 11.8 Å². The average Bonchev–Trinajstić information content (AvgIpc) is 3.16. The second kappa shape index (κ2) is 6.07. The third-order valence-corrected chi connectivity index (χ3v) is 7.59. The monoisotopic (exact) mass is 372 g/mol. The molecule has 0 spiro atoms. The maximum absolute atomic E-state index is 12.1. The Balaban J connectivity index is 1.58. The molecule has 140 valence electrons. The Morgan fingerprint density at radius 3 is 2.40 bits per heavy atom. The Morgan fingerprint density at radius 2 is 1.84 bits per heavy atom. The minimum Gasteiger partial charge on any atom is -0.481 e. The number of hydrazine groups is 1. The van der Waals surface area contributed by atoms with Crippen LogP contribution in [0.3, 0.4) is 0 Å². The van der Waals surface area contributed by atoms with Crippen molar-refractivity contribution in [2.75, 3.05) is 26.4 Å². The van der Waals surface area contributed by atoms with Crippen molar-refractivity contribution in [2.24, 2.45) is 11.8 Å². The lowest BCUT2D eigenvalue weighted by Crippen LogP contribution is -2.65. The summed E-state index contributed by atoms with van der Waals surface area (Å²) in [5, 5.41) is 30.2. The van der Waals surface area contributed by atoms with Gasteiger partial charge in [0.1, 0.15) is 0 Å². The van der Waals surface area contributed by atoms with E-state index in [0.29, 0.717) is 0 Å². The van der Waals surface area contributed by atoms with Crippen LogP contribution in [0.25, 0.3) is 0 Å². The third-order valence-electron chi connectivity index (χ3n) is 5.85. The smallest absolute Gasteiger partial charge is 0.352 e. The van der Waals surface area contributed by atoms with E-state index in [4.69, 9.17) is 4.74 Å². The molecule has 2 bridgehead atoms. The average molecular weight is 372 g/mol.